The molecular weight excluding hydrogens is 456 g/mol. The molecule has 0 aliphatic rings. The lowest BCUT2D eigenvalue weighted by atomic mass is 10.1. The lowest BCUT2D eigenvalue weighted by Crippen LogP contribution is -2.25. The van der Waals surface area contributed by atoms with Gasteiger partial charge in [0.15, 0.2) is 17.3 Å². The fourth-order valence-electron chi connectivity index (χ4n) is 2.57. The number of halogens is 4. The van der Waals surface area contributed by atoms with Crippen LogP contribution in [-0.2, 0) is 11.4 Å². The van der Waals surface area contributed by atoms with Crippen LogP contribution >= 0.6 is 34.8 Å². The van der Waals surface area contributed by atoms with Gasteiger partial charge in [0.2, 0.25) is 0 Å². The number of ether oxygens (including phenoxy) is 1. The van der Waals surface area contributed by atoms with Gasteiger partial charge in [-0.05, 0) is 35.9 Å². The number of nitrogen functional groups attached to an aromatic ring is 1. The molecular formula is C20H15Cl3FN3O3. The number of amides is 1. The Labute approximate surface area is 186 Å². The van der Waals surface area contributed by atoms with Crippen LogP contribution in [0.4, 0.5) is 10.1 Å². The third-order valence-corrected chi connectivity index (χ3v) is 4.99. The Hall–Kier alpha value is -2.58. The van der Waals surface area contributed by atoms with Gasteiger partial charge in [0.1, 0.15) is 0 Å². The summed E-state index contributed by atoms with van der Waals surface area (Å²) in [5.41, 5.74) is 8.84. The van der Waals surface area contributed by atoms with Gasteiger partial charge in [-0.15, -0.1) is 0 Å². The number of rotatable bonds is 6. The van der Waals surface area contributed by atoms with E-state index in [4.69, 9.17) is 50.1 Å². The van der Waals surface area contributed by atoms with Gasteiger partial charge < -0.3 is 10.5 Å². The van der Waals surface area contributed by atoms with Crippen LogP contribution in [0.15, 0.2) is 42.5 Å². The Bertz CT molecular complexity index is 1090. The lowest BCUT2D eigenvalue weighted by molar-refractivity contribution is 0.0229. The average molecular weight is 471 g/mol. The maximum absolute atomic E-state index is 14.7. The van der Waals surface area contributed by atoms with E-state index in [0.717, 1.165) is 5.56 Å². The Balaban J connectivity index is 1.84. The van der Waals surface area contributed by atoms with Crippen LogP contribution in [0.2, 0.25) is 15.1 Å². The summed E-state index contributed by atoms with van der Waals surface area (Å²) in [5.74, 6) is -1.64. The Morgan fingerprint density at radius 1 is 1.17 bits per heavy atom. The number of hydroxylamine groups is 1. The minimum atomic E-state index is -0.746. The number of nitrogens with zero attached hydrogens (tertiary/aromatic N) is 1. The van der Waals surface area contributed by atoms with Crippen LogP contribution in [-0.4, -0.2) is 18.0 Å². The van der Waals surface area contributed by atoms with Crippen molar-refractivity contribution in [3.8, 4) is 17.0 Å². The summed E-state index contributed by atoms with van der Waals surface area (Å²) in [4.78, 5) is 21.9. The Morgan fingerprint density at radius 3 is 2.53 bits per heavy atom. The number of aromatic nitrogens is 1. The number of anilines is 1. The predicted octanol–water partition coefficient (Wildman–Crippen LogP) is 5.30. The zero-order chi connectivity index (χ0) is 21.8. The van der Waals surface area contributed by atoms with Gasteiger partial charge >= 0.3 is 0 Å². The van der Waals surface area contributed by atoms with Crippen LogP contribution in [0.25, 0.3) is 11.3 Å². The van der Waals surface area contributed by atoms with Crippen molar-refractivity contribution in [3.05, 3.63) is 74.6 Å². The van der Waals surface area contributed by atoms with Crippen molar-refractivity contribution >= 4 is 46.4 Å². The summed E-state index contributed by atoms with van der Waals surface area (Å²) >= 11 is 17.9. The van der Waals surface area contributed by atoms with Gasteiger partial charge in [-0.1, -0.05) is 46.9 Å². The highest BCUT2D eigenvalue weighted by atomic mass is 35.5. The van der Waals surface area contributed by atoms with Gasteiger partial charge in [0.25, 0.3) is 5.91 Å². The van der Waals surface area contributed by atoms with Gasteiger partial charge in [-0.2, -0.15) is 0 Å². The third kappa shape index (κ3) is 4.76. The largest absolute Gasteiger partial charge is 0.492 e. The number of carbonyl (C=O) groups is 1. The number of pyridine rings is 1. The van der Waals surface area contributed by atoms with E-state index in [0.29, 0.717) is 5.02 Å². The van der Waals surface area contributed by atoms with Crippen LogP contribution < -0.4 is 16.0 Å². The van der Waals surface area contributed by atoms with Crippen molar-refractivity contribution < 1.29 is 18.8 Å². The highest BCUT2D eigenvalue weighted by molar-refractivity contribution is 6.36. The standard InChI is InChI=1S/C20H15Cl3FN3O3/c1-29-19-13(22)7-6-12(17(19)24)15-8-14(25)16(23)18(26-15)20(28)27-30-9-10-2-4-11(21)5-3-10/h2-8H,9H2,1H3,(H2,25,26)(H,27,28). The molecule has 0 saturated heterocycles. The molecule has 0 unspecified atom stereocenters. The quantitative estimate of drug-likeness (QED) is 0.477. The number of nitrogens with two attached hydrogens (primary N) is 1. The molecule has 0 bridgehead atoms. The summed E-state index contributed by atoms with van der Waals surface area (Å²) in [6.45, 7) is 0.0821. The lowest BCUT2D eigenvalue weighted by Gasteiger charge is -2.12. The van der Waals surface area contributed by atoms with E-state index in [-0.39, 0.29) is 45.0 Å². The third-order valence-electron chi connectivity index (χ3n) is 4.05. The second kappa shape index (κ2) is 9.49. The molecule has 0 spiro atoms. The summed E-state index contributed by atoms with van der Waals surface area (Å²) in [7, 11) is 1.29. The summed E-state index contributed by atoms with van der Waals surface area (Å²) in [6.07, 6.45) is 0. The number of hydrogen-bond donors (Lipinski definition) is 2. The topological polar surface area (TPSA) is 86.5 Å². The molecule has 156 valence electrons. The van der Waals surface area contributed by atoms with Gasteiger partial charge in [-0.3, -0.25) is 9.63 Å². The normalized spacial score (nSPS) is 10.7. The molecule has 1 aromatic heterocycles. The summed E-state index contributed by atoms with van der Waals surface area (Å²) in [5, 5.41) is 0.582. The smallest absolute Gasteiger partial charge is 0.295 e. The average Bonchev–Trinajstić information content (AvgIpc) is 2.72. The molecule has 0 saturated carbocycles. The molecule has 30 heavy (non-hydrogen) atoms. The minimum Gasteiger partial charge on any atom is -0.492 e. The van der Waals surface area contributed by atoms with Crippen LogP contribution in [0.1, 0.15) is 16.1 Å². The van der Waals surface area contributed by atoms with E-state index < -0.39 is 11.7 Å². The molecule has 0 radical (unpaired) electrons. The van der Waals surface area contributed by atoms with E-state index in [1.807, 2.05) is 0 Å². The first-order valence-corrected chi connectivity index (χ1v) is 9.60. The highest BCUT2D eigenvalue weighted by Gasteiger charge is 2.21. The van der Waals surface area contributed by atoms with E-state index >= 15 is 0 Å². The molecule has 0 aliphatic carbocycles. The first kappa shape index (κ1) is 22.1. The fourth-order valence-corrected chi connectivity index (χ4v) is 3.10. The first-order valence-electron chi connectivity index (χ1n) is 8.46. The van der Waals surface area contributed by atoms with Crippen molar-refractivity contribution in [2.45, 2.75) is 6.61 Å². The minimum absolute atomic E-state index is 0.0377. The second-order valence-electron chi connectivity index (χ2n) is 6.05. The van der Waals surface area contributed by atoms with Crippen molar-refractivity contribution in [1.29, 1.82) is 0 Å². The zero-order valence-corrected chi connectivity index (χ0v) is 17.8. The molecule has 0 fully saturated rings. The molecule has 0 atom stereocenters. The number of methoxy groups -OCH3 is 1. The number of nitrogens with one attached hydrogen (secondary N) is 1. The summed E-state index contributed by atoms with van der Waals surface area (Å²) in [6, 6.07) is 11.1. The molecule has 3 rings (SSSR count). The molecule has 6 nitrogen and oxygen atoms in total. The first-order chi connectivity index (χ1) is 14.3. The van der Waals surface area contributed by atoms with Gasteiger partial charge in [-0.25, -0.2) is 14.9 Å². The molecule has 2 aromatic carbocycles. The van der Waals surface area contributed by atoms with Gasteiger partial charge in [0, 0.05) is 10.6 Å². The van der Waals surface area contributed by atoms with E-state index in [1.165, 1.54) is 25.3 Å². The molecule has 1 heterocycles. The van der Waals surface area contributed by atoms with Crippen LogP contribution in [0.5, 0.6) is 5.75 Å². The van der Waals surface area contributed by atoms with Crippen molar-refractivity contribution in [3.63, 3.8) is 0 Å². The number of hydrogen-bond acceptors (Lipinski definition) is 5. The van der Waals surface area contributed by atoms with Crippen molar-refractivity contribution in [2.75, 3.05) is 12.8 Å². The monoisotopic (exact) mass is 469 g/mol. The highest BCUT2D eigenvalue weighted by Crippen LogP contribution is 2.36. The molecule has 1 amide bonds. The number of carbonyl (C=O) groups excluding carboxylic acids is 1. The fraction of sp³-hybridized carbons (Fsp3) is 0.100. The Kier molecular flexibility index (Phi) is 6.99. The number of benzene rings is 2. The van der Waals surface area contributed by atoms with E-state index in [9.17, 15) is 9.18 Å². The maximum atomic E-state index is 14.7. The SMILES string of the molecule is COc1c(Cl)ccc(-c2cc(N)c(Cl)c(C(=O)NOCc3ccc(Cl)cc3)n2)c1F. The predicted molar refractivity (Wildman–Crippen MR) is 114 cm³/mol. The second-order valence-corrected chi connectivity index (χ2v) is 7.27. The molecule has 10 heteroatoms. The molecule has 3 N–H and O–H groups in total. The Morgan fingerprint density at radius 2 is 1.87 bits per heavy atom. The van der Waals surface area contributed by atoms with Crippen LogP contribution in [0.3, 0.4) is 0 Å². The van der Waals surface area contributed by atoms with Crippen molar-refractivity contribution in [2.24, 2.45) is 0 Å². The van der Waals surface area contributed by atoms with E-state index in [2.05, 4.69) is 10.5 Å². The van der Waals surface area contributed by atoms with Gasteiger partial charge in [0.05, 0.1) is 35.1 Å². The van der Waals surface area contributed by atoms with Crippen molar-refractivity contribution in [1.82, 2.24) is 10.5 Å². The maximum Gasteiger partial charge on any atom is 0.295 e. The molecule has 0 aliphatic heterocycles. The van der Waals surface area contributed by atoms with E-state index in [1.54, 1.807) is 24.3 Å². The van der Waals surface area contributed by atoms with Crippen LogP contribution in [0, 0.1) is 5.82 Å². The summed E-state index contributed by atoms with van der Waals surface area (Å²) < 4.78 is 19.7. The molecule has 3 aromatic rings. The zero-order valence-electron chi connectivity index (χ0n) is 15.5.